The molecule has 6 nitrogen and oxygen atoms in total. The van der Waals surface area contributed by atoms with Gasteiger partial charge >= 0.3 is 0 Å². The Morgan fingerprint density at radius 3 is 2.95 bits per heavy atom. The molecule has 0 fully saturated rings. The second-order valence-electron chi connectivity index (χ2n) is 5.27. The second-order valence-corrected chi connectivity index (χ2v) is 5.27. The fraction of sp³-hybridized carbons (Fsp3) is 0.267. The number of nitrogens with one attached hydrogen (secondary N) is 1. The zero-order valence-corrected chi connectivity index (χ0v) is 11.8. The highest BCUT2D eigenvalue weighted by molar-refractivity contribution is 5.82. The zero-order chi connectivity index (χ0) is 14.2. The van der Waals surface area contributed by atoms with Gasteiger partial charge < -0.3 is 14.8 Å². The maximum atomic E-state index is 4.47. The summed E-state index contributed by atoms with van der Waals surface area (Å²) < 4.78 is 0. The van der Waals surface area contributed by atoms with Gasteiger partial charge in [0.1, 0.15) is 11.8 Å². The van der Waals surface area contributed by atoms with Gasteiger partial charge in [-0.05, 0) is 11.6 Å². The molecule has 1 aromatic carbocycles. The van der Waals surface area contributed by atoms with Crippen LogP contribution in [0.2, 0.25) is 0 Å². The van der Waals surface area contributed by atoms with E-state index in [1.165, 1.54) is 11.3 Å². The van der Waals surface area contributed by atoms with Crippen LogP contribution in [0.15, 0.2) is 36.9 Å². The van der Waals surface area contributed by atoms with E-state index < -0.39 is 0 Å². The number of anilines is 2. The minimum atomic E-state index is 0.714. The molecule has 3 aromatic rings. The minimum absolute atomic E-state index is 0.714. The van der Waals surface area contributed by atoms with Crippen LogP contribution in [-0.4, -0.2) is 40.1 Å². The summed E-state index contributed by atoms with van der Waals surface area (Å²) >= 11 is 0. The molecule has 0 saturated heterocycles. The molecule has 0 radical (unpaired) electrons. The third-order valence-corrected chi connectivity index (χ3v) is 3.97. The monoisotopic (exact) mass is 280 g/mol. The van der Waals surface area contributed by atoms with Gasteiger partial charge in [0.15, 0.2) is 11.5 Å². The SMILES string of the molecule is CN1CCN(c2ncnc3nc[nH]c23)Cc2ccccc21. The number of fused-ring (bicyclic) bond motifs is 2. The quantitative estimate of drug-likeness (QED) is 0.736. The molecule has 0 spiro atoms. The number of aromatic amines is 1. The number of imidazole rings is 1. The van der Waals surface area contributed by atoms with Crippen LogP contribution in [0.3, 0.4) is 0 Å². The highest BCUT2D eigenvalue weighted by atomic mass is 15.3. The second kappa shape index (κ2) is 4.73. The molecule has 0 unspecified atom stereocenters. The van der Waals surface area contributed by atoms with Crippen molar-refractivity contribution in [3.05, 3.63) is 42.5 Å². The van der Waals surface area contributed by atoms with E-state index in [-0.39, 0.29) is 0 Å². The summed E-state index contributed by atoms with van der Waals surface area (Å²) in [5, 5.41) is 0. The van der Waals surface area contributed by atoms with Crippen LogP contribution in [0.5, 0.6) is 0 Å². The van der Waals surface area contributed by atoms with E-state index in [2.05, 4.69) is 61.0 Å². The van der Waals surface area contributed by atoms with Gasteiger partial charge in [0.25, 0.3) is 0 Å². The third-order valence-electron chi connectivity index (χ3n) is 3.97. The summed E-state index contributed by atoms with van der Waals surface area (Å²) in [5.41, 5.74) is 4.21. The maximum Gasteiger partial charge on any atom is 0.182 e. The van der Waals surface area contributed by atoms with Crippen molar-refractivity contribution in [1.29, 1.82) is 0 Å². The fourth-order valence-corrected chi connectivity index (χ4v) is 2.87. The average Bonchev–Trinajstić information content (AvgIpc) is 2.93. The maximum absolute atomic E-state index is 4.47. The lowest BCUT2D eigenvalue weighted by atomic mass is 10.1. The number of H-pyrrole nitrogens is 1. The smallest absolute Gasteiger partial charge is 0.182 e. The minimum Gasteiger partial charge on any atom is -0.373 e. The highest BCUT2D eigenvalue weighted by Gasteiger charge is 2.20. The van der Waals surface area contributed by atoms with Gasteiger partial charge in [0.2, 0.25) is 0 Å². The topological polar surface area (TPSA) is 60.9 Å². The molecule has 106 valence electrons. The fourth-order valence-electron chi connectivity index (χ4n) is 2.87. The van der Waals surface area contributed by atoms with E-state index in [9.17, 15) is 0 Å². The van der Waals surface area contributed by atoms with Crippen LogP contribution < -0.4 is 9.80 Å². The highest BCUT2D eigenvalue weighted by Crippen LogP contribution is 2.28. The van der Waals surface area contributed by atoms with Gasteiger partial charge in [0.05, 0.1) is 6.33 Å². The lowest BCUT2D eigenvalue weighted by Crippen LogP contribution is -2.29. The van der Waals surface area contributed by atoms with Crippen molar-refractivity contribution >= 4 is 22.7 Å². The molecule has 0 aliphatic carbocycles. The molecular weight excluding hydrogens is 264 g/mol. The normalized spacial score (nSPS) is 15.1. The van der Waals surface area contributed by atoms with Crippen LogP contribution in [0.25, 0.3) is 11.2 Å². The van der Waals surface area contributed by atoms with Crippen LogP contribution >= 0.6 is 0 Å². The summed E-state index contributed by atoms with van der Waals surface area (Å²) in [6.45, 7) is 2.71. The van der Waals surface area contributed by atoms with Crippen molar-refractivity contribution in [1.82, 2.24) is 19.9 Å². The summed E-state index contributed by atoms with van der Waals surface area (Å²) in [4.78, 5) is 20.6. The molecule has 0 atom stereocenters. The number of benzene rings is 1. The van der Waals surface area contributed by atoms with Crippen LogP contribution in [-0.2, 0) is 6.54 Å². The van der Waals surface area contributed by atoms with E-state index in [1.54, 1.807) is 12.7 Å². The first-order chi connectivity index (χ1) is 10.3. The predicted molar refractivity (Wildman–Crippen MR) is 82.4 cm³/mol. The Kier molecular flexibility index (Phi) is 2.73. The predicted octanol–water partition coefficient (Wildman–Crippen LogP) is 1.81. The Morgan fingerprint density at radius 2 is 2.00 bits per heavy atom. The molecule has 0 bridgehead atoms. The molecule has 4 rings (SSSR count). The first kappa shape index (κ1) is 12.1. The summed E-state index contributed by atoms with van der Waals surface area (Å²) in [6.07, 6.45) is 3.25. The largest absolute Gasteiger partial charge is 0.373 e. The van der Waals surface area contributed by atoms with Crippen LogP contribution in [0.1, 0.15) is 5.56 Å². The van der Waals surface area contributed by atoms with Crippen molar-refractivity contribution in [2.45, 2.75) is 6.54 Å². The first-order valence-electron chi connectivity index (χ1n) is 7.01. The van der Waals surface area contributed by atoms with Crippen molar-refractivity contribution in [3.8, 4) is 0 Å². The summed E-state index contributed by atoms with van der Waals surface area (Å²) in [7, 11) is 2.13. The number of hydrogen-bond donors (Lipinski definition) is 1. The molecule has 21 heavy (non-hydrogen) atoms. The number of likely N-dealkylation sites (N-methyl/N-ethyl adjacent to an activating group) is 1. The Morgan fingerprint density at radius 1 is 1.10 bits per heavy atom. The van der Waals surface area contributed by atoms with E-state index in [0.717, 1.165) is 31.0 Å². The number of hydrogen-bond acceptors (Lipinski definition) is 5. The van der Waals surface area contributed by atoms with E-state index in [1.807, 2.05) is 0 Å². The van der Waals surface area contributed by atoms with Crippen molar-refractivity contribution in [3.63, 3.8) is 0 Å². The van der Waals surface area contributed by atoms with Crippen molar-refractivity contribution in [2.24, 2.45) is 0 Å². The first-order valence-corrected chi connectivity index (χ1v) is 7.01. The number of para-hydroxylation sites is 1. The molecule has 1 N–H and O–H groups in total. The number of rotatable bonds is 1. The molecule has 1 aliphatic rings. The number of aromatic nitrogens is 4. The molecule has 2 aromatic heterocycles. The Hall–Kier alpha value is -2.63. The van der Waals surface area contributed by atoms with Gasteiger partial charge in [-0.25, -0.2) is 15.0 Å². The van der Waals surface area contributed by atoms with Crippen molar-refractivity contribution in [2.75, 3.05) is 29.9 Å². The molecule has 1 aliphatic heterocycles. The standard InChI is InChI=1S/C15H16N6/c1-20-6-7-21(8-11-4-2-3-5-12(11)20)15-13-14(17-9-16-13)18-10-19-15/h2-5,9-10H,6-8H2,1H3,(H,16,17,18,19). The number of nitrogens with zero attached hydrogens (tertiary/aromatic N) is 5. The Labute approximate surface area is 122 Å². The van der Waals surface area contributed by atoms with E-state index in [4.69, 9.17) is 0 Å². The molecule has 0 saturated carbocycles. The Bertz CT molecular complexity index is 780. The lowest BCUT2D eigenvalue weighted by molar-refractivity contribution is 0.786. The third kappa shape index (κ3) is 1.99. The van der Waals surface area contributed by atoms with Gasteiger partial charge in [-0.1, -0.05) is 18.2 Å². The van der Waals surface area contributed by atoms with Crippen molar-refractivity contribution < 1.29 is 0 Å². The molecule has 6 heteroatoms. The van der Waals surface area contributed by atoms with Crippen LogP contribution in [0.4, 0.5) is 11.5 Å². The van der Waals surface area contributed by atoms with E-state index >= 15 is 0 Å². The molecule has 3 heterocycles. The van der Waals surface area contributed by atoms with E-state index in [0.29, 0.717) is 5.65 Å². The summed E-state index contributed by atoms with van der Waals surface area (Å²) in [6, 6.07) is 8.52. The van der Waals surface area contributed by atoms with Gasteiger partial charge in [-0.15, -0.1) is 0 Å². The van der Waals surface area contributed by atoms with Gasteiger partial charge in [-0.3, -0.25) is 0 Å². The van der Waals surface area contributed by atoms with Gasteiger partial charge in [-0.2, -0.15) is 0 Å². The Balaban J connectivity index is 1.79. The molecular formula is C15H16N6. The summed E-state index contributed by atoms with van der Waals surface area (Å²) in [5.74, 6) is 0.919. The average molecular weight is 280 g/mol. The van der Waals surface area contributed by atoms with Crippen LogP contribution in [0, 0.1) is 0 Å². The lowest BCUT2D eigenvalue weighted by Gasteiger charge is -2.22. The zero-order valence-electron chi connectivity index (χ0n) is 11.8. The van der Waals surface area contributed by atoms with Gasteiger partial charge in [0, 0.05) is 32.4 Å². The molecule has 0 amide bonds.